The molecule has 4 nitrogen and oxygen atoms in total. The van der Waals surface area contributed by atoms with Crippen molar-refractivity contribution in [2.45, 2.75) is 19.9 Å². The summed E-state index contributed by atoms with van der Waals surface area (Å²) in [6.45, 7) is 4.24. The van der Waals surface area contributed by atoms with Crippen LogP contribution in [0.1, 0.15) is 24.1 Å². The van der Waals surface area contributed by atoms with E-state index in [-0.39, 0.29) is 6.04 Å². The van der Waals surface area contributed by atoms with Crippen LogP contribution in [0, 0.1) is 11.7 Å². The van der Waals surface area contributed by atoms with Gasteiger partial charge in [-0.3, -0.25) is 4.57 Å². The predicted octanol–water partition coefficient (Wildman–Crippen LogP) is 4.02. The Morgan fingerprint density at radius 3 is 2.71 bits per heavy atom. The van der Waals surface area contributed by atoms with Gasteiger partial charge >= 0.3 is 0 Å². The quantitative estimate of drug-likeness (QED) is 0.743. The van der Waals surface area contributed by atoms with Crippen LogP contribution >= 0.6 is 12.2 Å². The molecule has 3 rings (SSSR count). The molecule has 1 N–H and O–H groups in total. The molecule has 1 unspecified atom stereocenters. The maximum atomic E-state index is 5.48. The van der Waals surface area contributed by atoms with Gasteiger partial charge in [-0.05, 0) is 43.3 Å². The number of aromatic nitrogens is 3. The zero-order valence-corrected chi connectivity index (χ0v) is 13.1. The van der Waals surface area contributed by atoms with Gasteiger partial charge in [0.05, 0.1) is 18.7 Å². The minimum absolute atomic E-state index is 0.104. The molecule has 1 atom stereocenters. The largest absolute Gasteiger partial charge is 0.481 e. The normalized spacial score (nSPS) is 12.5. The van der Waals surface area contributed by atoms with Crippen LogP contribution in [-0.4, -0.2) is 21.6 Å². The number of nitrogens with zero attached hydrogens (tertiary/aromatic N) is 2. The third-order valence-electron chi connectivity index (χ3n) is 3.77. The highest BCUT2D eigenvalue weighted by molar-refractivity contribution is 7.71. The zero-order valence-electron chi connectivity index (χ0n) is 12.3. The van der Waals surface area contributed by atoms with Gasteiger partial charge in [0.2, 0.25) is 5.88 Å². The van der Waals surface area contributed by atoms with Crippen molar-refractivity contribution >= 4 is 23.4 Å². The Kier molecular flexibility index (Phi) is 3.51. The Morgan fingerprint density at radius 2 is 2.00 bits per heavy atom. The number of hydrogen-bond donors (Lipinski definition) is 1. The number of aromatic amines is 1. The van der Waals surface area contributed by atoms with Crippen molar-refractivity contribution in [2.75, 3.05) is 7.11 Å². The maximum absolute atomic E-state index is 5.48. The number of aryl methyl sites for hydroxylation is 1. The molecule has 0 saturated heterocycles. The van der Waals surface area contributed by atoms with E-state index < -0.39 is 0 Å². The summed E-state index contributed by atoms with van der Waals surface area (Å²) in [5.41, 5.74) is 4.21. The van der Waals surface area contributed by atoms with E-state index in [1.165, 1.54) is 11.1 Å². The van der Waals surface area contributed by atoms with E-state index >= 15 is 0 Å². The lowest BCUT2D eigenvalue weighted by atomic mass is 10.0. The molecular weight excluding hydrogens is 282 g/mol. The fourth-order valence-electron chi connectivity index (χ4n) is 2.65. The number of benzene rings is 1. The number of H-pyrrole nitrogens is 1. The molecule has 5 heteroatoms. The lowest BCUT2D eigenvalue weighted by Gasteiger charge is -2.17. The lowest BCUT2D eigenvalue weighted by molar-refractivity contribution is 0.398. The lowest BCUT2D eigenvalue weighted by Crippen LogP contribution is -2.09. The zero-order chi connectivity index (χ0) is 15.0. The van der Waals surface area contributed by atoms with E-state index in [1.54, 1.807) is 7.11 Å². The highest BCUT2D eigenvalue weighted by Crippen LogP contribution is 2.26. The van der Waals surface area contributed by atoms with Crippen LogP contribution in [0.4, 0.5) is 0 Å². The Balaban J connectivity index is 2.22. The van der Waals surface area contributed by atoms with Gasteiger partial charge in [-0.15, -0.1) is 0 Å². The summed E-state index contributed by atoms with van der Waals surface area (Å²) in [5.74, 6) is 0.585. The molecule has 0 radical (unpaired) electrons. The van der Waals surface area contributed by atoms with E-state index in [0.29, 0.717) is 10.7 Å². The number of pyridine rings is 1. The molecule has 0 fully saturated rings. The van der Waals surface area contributed by atoms with Crippen LogP contribution in [0.5, 0.6) is 5.88 Å². The van der Waals surface area contributed by atoms with Crippen molar-refractivity contribution in [3.63, 3.8) is 0 Å². The van der Waals surface area contributed by atoms with Crippen molar-refractivity contribution in [3.8, 4) is 5.88 Å². The molecule has 0 aliphatic carbocycles. The number of imidazole rings is 1. The number of ether oxygens (including phenoxy) is 1. The van der Waals surface area contributed by atoms with Gasteiger partial charge in [0.15, 0.2) is 10.4 Å². The average Bonchev–Trinajstić information content (AvgIpc) is 2.81. The molecule has 21 heavy (non-hydrogen) atoms. The van der Waals surface area contributed by atoms with Crippen LogP contribution in [0.3, 0.4) is 0 Å². The van der Waals surface area contributed by atoms with Crippen molar-refractivity contribution in [1.29, 1.82) is 0 Å². The fraction of sp³-hybridized carbons (Fsp3) is 0.250. The van der Waals surface area contributed by atoms with Crippen LogP contribution < -0.4 is 4.74 Å². The second-order valence-electron chi connectivity index (χ2n) is 5.06. The Morgan fingerprint density at radius 1 is 1.24 bits per heavy atom. The summed E-state index contributed by atoms with van der Waals surface area (Å²) in [4.78, 5) is 7.74. The van der Waals surface area contributed by atoms with Gasteiger partial charge in [0, 0.05) is 6.07 Å². The molecule has 0 bridgehead atoms. The van der Waals surface area contributed by atoms with Crippen LogP contribution in [0.15, 0.2) is 36.4 Å². The summed E-state index contributed by atoms with van der Waals surface area (Å²) in [7, 11) is 1.62. The topological polar surface area (TPSA) is 42.8 Å². The monoisotopic (exact) mass is 299 g/mol. The highest BCUT2D eigenvalue weighted by atomic mass is 32.1. The summed E-state index contributed by atoms with van der Waals surface area (Å²) < 4.78 is 7.93. The summed E-state index contributed by atoms with van der Waals surface area (Å²) in [5, 5.41) is 0. The first-order valence-corrected chi connectivity index (χ1v) is 7.23. The number of methoxy groups -OCH3 is 1. The molecule has 0 amide bonds. The predicted molar refractivity (Wildman–Crippen MR) is 86.5 cm³/mol. The van der Waals surface area contributed by atoms with Crippen molar-refractivity contribution in [2.24, 2.45) is 0 Å². The standard InChI is InChI=1S/C16H17N3OS/c1-10-6-4-5-7-12(10)11(2)19-15-13(17-16(19)21)8-9-14(18-15)20-3/h4-9,11H,1-3H3,(H,17,21). The van der Waals surface area contributed by atoms with E-state index in [1.807, 2.05) is 28.8 Å². The number of rotatable bonds is 3. The molecule has 0 saturated carbocycles. The molecule has 2 heterocycles. The maximum Gasteiger partial charge on any atom is 0.215 e. The van der Waals surface area contributed by atoms with Crippen molar-refractivity contribution in [3.05, 3.63) is 52.3 Å². The van der Waals surface area contributed by atoms with E-state index in [4.69, 9.17) is 17.0 Å². The van der Waals surface area contributed by atoms with Gasteiger partial charge in [-0.2, -0.15) is 4.98 Å². The third kappa shape index (κ3) is 2.34. The number of nitrogens with one attached hydrogen (secondary N) is 1. The first-order chi connectivity index (χ1) is 10.1. The fourth-order valence-corrected chi connectivity index (χ4v) is 3.01. The summed E-state index contributed by atoms with van der Waals surface area (Å²) in [6, 6.07) is 12.2. The van der Waals surface area contributed by atoms with Crippen LogP contribution in [0.25, 0.3) is 11.2 Å². The average molecular weight is 299 g/mol. The van der Waals surface area contributed by atoms with Gasteiger partial charge in [0.25, 0.3) is 0 Å². The SMILES string of the molecule is COc1ccc2[nH]c(=S)n(C(C)c3ccccc3C)c2n1. The van der Waals surface area contributed by atoms with E-state index in [9.17, 15) is 0 Å². The molecular formula is C16H17N3OS. The van der Waals surface area contributed by atoms with Crippen molar-refractivity contribution < 1.29 is 4.74 Å². The number of hydrogen-bond acceptors (Lipinski definition) is 3. The minimum Gasteiger partial charge on any atom is -0.481 e. The molecule has 0 spiro atoms. The second-order valence-corrected chi connectivity index (χ2v) is 5.44. The molecule has 2 aromatic heterocycles. The highest BCUT2D eigenvalue weighted by Gasteiger charge is 2.16. The Labute approximate surface area is 128 Å². The van der Waals surface area contributed by atoms with E-state index in [2.05, 4.69) is 35.9 Å². The number of fused-ring (bicyclic) bond motifs is 1. The van der Waals surface area contributed by atoms with Crippen LogP contribution in [0.2, 0.25) is 0 Å². The molecule has 0 aliphatic rings. The molecule has 3 aromatic rings. The van der Waals surface area contributed by atoms with Crippen molar-refractivity contribution in [1.82, 2.24) is 14.5 Å². The van der Waals surface area contributed by atoms with Gasteiger partial charge in [-0.25, -0.2) is 0 Å². The second kappa shape index (κ2) is 5.33. The first-order valence-electron chi connectivity index (χ1n) is 6.82. The summed E-state index contributed by atoms with van der Waals surface area (Å²) in [6.07, 6.45) is 0. The third-order valence-corrected chi connectivity index (χ3v) is 4.07. The summed E-state index contributed by atoms with van der Waals surface area (Å²) >= 11 is 5.48. The minimum atomic E-state index is 0.104. The molecule has 108 valence electrons. The van der Waals surface area contributed by atoms with Crippen LogP contribution in [-0.2, 0) is 0 Å². The smallest absolute Gasteiger partial charge is 0.215 e. The van der Waals surface area contributed by atoms with Gasteiger partial charge in [0.1, 0.15) is 0 Å². The Hall–Kier alpha value is -2.14. The van der Waals surface area contributed by atoms with Gasteiger partial charge in [-0.1, -0.05) is 24.3 Å². The van der Waals surface area contributed by atoms with Gasteiger partial charge < -0.3 is 9.72 Å². The molecule has 1 aromatic carbocycles. The molecule has 0 aliphatic heterocycles. The first kappa shape index (κ1) is 13.8. The Bertz CT molecular complexity index is 850. The van der Waals surface area contributed by atoms with E-state index in [0.717, 1.165) is 11.2 Å².